The van der Waals surface area contributed by atoms with E-state index in [1.807, 2.05) is 5.38 Å². The molecule has 1 amide bonds. The van der Waals surface area contributed by atoms with E-state index >= 15 is 0 Å². The summed E-state index contributed by atoms with van der Waals surface area (Å²) in [7, 11) is 1.75. The van der Waals surface area contributed by atoms with Gasteiger partial charge in [-0.3, -0.25) is 9.69 Å². The molecule has 1 aliphatic heterocycles. The van der Waals surface area contributed by atoms with Crippen LogP contribution in [0.2, 0.25) is 0 Å². The van der Waals surface area contributed by atoms with Crippen LogP contribution in [0.1, 0.15) is 25.5 Å². The molecular weight excluding hydrogens is 296 g/mol. The Balaban J connectivity index is 0.00000200. The number of nitrogens with one attached hydrogen (secondary N) is 2. The summed E-state index contributed by atoms with van der Waals surface area (Å²) in [6.07, 6.45) is 2.55. The molecule has 1 fully saturated rings. The van der Waals surface area contributed by atoms with Gasteiger partial charge in [-0.05, 0) is 38.9 Å². The van der Waals surface area contributed by atoms with Crippen LogP contribution in [0.4, 0.5) is 5.13 Å². The Morgan fingerprint density at radius 3 is 2.85 bits per heavy atom. The van der Waals surface area contributed by atoms with Gasteiger partial charge in [0.05, 0.1) is 12.2 Å². The third kappa shape index (κ3) is 5.36. The van der Waals surface area contributed by atoms with E-state index < -0.39 is 0 Å². The molecular formula is C13H23ClN4OS. The van der Waals surface area contributed by atoms with E-state index in [0.29, 0.717) is 11.7 Å². The van der Waals surface area contributed by atoms with Crippen LogP contribution < -0.4 is 10.6 Å². The highest BCUT2D eigenvalue weighted by Gasteiger charge is 2.16. The molecule has 1 saturated heterocycles. The Morgan fingerprint density at radius 2 is 2.20 bits per heavy atom. The molecule has 114 valence electrons. The highest BCUT2D eigenvalue weighted by molar-refractivity contribution is 7.13. The second kappa shape index (κ2) is 8.56. The second-order valence-electron chi connectivity index (χ2n) is 5.18. The van der Waals surface area contributed by atoms with Gasteiger partial charge >= 0.3 is 0 Å². The van der Waals surface area contributed by atoms with E-state index in [1.165, 1.54) is 24.2 Å². The van der Waals surface area contributed by atoms with Crippen molar-refractivity contribution in [3.8, 4) is 0 Å². The van der Waals surface area contributed by atoms with Crippen LogP contribution in [0, 0.1) is 5.92 Å². The SMILES string of the molecule is CNCC(=O)Nc1nc(CN2CCC(C)CC2)cs1.Cl. The van der Waals surface area contributed by atoms with E-state index in [9.17, 15) is 4.79 Å². The second-order valence-corrected chi connectivity index (χ2v) is 6.04. The van der Waals surface area contributed by atoms with Gasteiger partial charge in [-0.2, -0.15) is 0 Å². The first-order valence-corrected chi connectivity index (χ1v) is 7.66. The molecule has 7 heteroatoms. The number of aromatic nitrogens is 1. The number of likely N-dealkylation sites (N-methyl/N-ethyl adjacent to an activating group) is 1. The molecule has 0 aliphatic carbocycles. The molecule has 2 heterocycles. The molecule has 2 rings (SSSR count). The van der Waals surface area contributed by atoms with Gasteiger partial charge < -0.3 is 10.6 Å². The van der Waals surface area contributed by atoms with Crippen molar-refractivity contribution >= 4 is 34.8 Å². The maximum atomic E-state index is 11.4. The van der Waals surface area contributed by atoms with Crippen molar-refractivity contribution in [3.05, 3.63) is 11.1 Å². The number of nitrogens with zero attached hydrogens (tertiary/aromatic N) is 2. The van der Waals surface area contributed by atoms with Crippen LogP contribution in [0.15, 0.2) is 5.38 Å². The molecule has 20 heavy (non-hydrogen) atoms. The Bertz CT molecular complexity index is 418. The molecule has 0 unspecified atom stereocenters. The fourth-order valence-electron chi connectivity index (χ4n) is 2.21. The molecule has 0 atom stereocenters. The van der Waals surface area contributed by atoms with E-state index in [4.69, 9.17) is 0 Å². The molecule has 1 aliphatic rings. The van der Waals surface area contributed by atoms with Crippen LogP contribution in [-0.4, -0.2) is 42.5 Å². The number of halogens is 1. The van der Waals surface area contributed by atoms with E-state index in [0.717, 1.165) is 31.2 Å². The molecule has 1 aromatic heterocycles. The summed E-state index contributed by atoms with van der Waals surface area (Å²) in [4.78, 5) is 18.3. The topological polar surface area (TPSA) is 57.3 Å². The van der Waals surface area contributed by atoms with Crippen molar-refractivity contribution in [1.29, 1.82) is 0 Å². The van der Waals surface area contributed by atoms with Crippen LogP contribution >= 0.6 is 23.7 Å². The zero-order chi connectivity index (χ0) is 13.7. The zero-order valence-corrected chi connectivity index (χ0v) is 13.6. The minimum atomic E-state index is -0.0461. The number of amides is 1. The molecule has 2 N–H and O–H groups in total. The summed E-state index contributed by atoms with van der Waals surface area (Å²) in [5, 5.41) is 8.35. The third-order valence-corrected chi connectivity index (χ3v) is 4.20. The molecule has 5 nitrogen and oxygen atoms in total. The largest absolute Gasteiger partial charge is 0.311 e. The first-order chi connectivity index (χ1) is 9.17. The van der Waals surface area contributed by atoms with Crippen LogP contribution in [0.25, 0.3) is 0 Å². The van der Waals surface area contributed by atoms with E-state index in [2.05, 4.69) is 27.4 Å². The highest BCUT2D eigenvalue weighted by atomic mass is 35.5. The number of likely N-dealkylation sites (tertiary alicyclic amines) is 1. The van der Waals surface area contributed by atoms with Gasteiger partial charge in [0.25, 0.3) is 0 Å². The van der Waals surface area contributed by atoms with Crippen molar-refractivity contribution in [1.82, 2.24) is 15.2 Å². The lowest BCUT2D eigenvalue weighted by Crippen LogP contribution is -2.32. The summed E-state index contributed by atoms with van der Waals surface area (Å²) in [6, 6.07) is 0. The van der Waals surface area contributed by atoms with Gasteiger partial charge in [0.1, 0.15) is 0 Å². The number of piperidine rings is 1. The average Bonchev–Trinajstić information content (AvgIpc) is 2.80. The molecule has 0 radical (unpaired) electrons. The summed E-state index contributed by atoms with van der Waals surface area (Å²) < 4.78 is 0. The monoisotopic (exact) mass is 318 g/mol. The van der Waals surface area contributed by atoms with Gasteiger partial charge in [0.15, 0.2) is 5.13 Å². The van der Waals surface area contributed by atoms with Crippen molar-refractivity contribution in [3.63, 3.8) is 0 Å². The molecule has 0 spiro atoms. The standard InChI is InChI=1S/C13H22N4OS.ClH/c1-10-3-5-17(6-4-10)8-11-9-19-13(15-11)16-12(18)7-14-2;/h9-10,14H,3-8H2,1-2H3,(H,15,16,18);1H. The van der Waals surface area contributed by atoms with Gasteiger partial charge in [0.2, 0.25) is 5.91 Å². The summed E-state index contributed by atoms with van der Waals surface area (Å²) in [5.41, 5.74) is 1.05. The normalized spacial score (nSPS) is 16.7. The number of rotatable bonds is 5. The highest BCUT2D eigenvalue weighted by Crippen LogP contribution is 2.20. The van der Waals surface area contributed by atoms with Crippen LogP contribution in [0.5, 0.6) is 0 Å². The van der Waals surface area contributed by atoms with Crippen molar-refractivity contribution in [2.24, 2.45) is 5.92 Å². The van der Waals surface area contributed by atoms with Crippen LogP contribution in [-0.2, 0) is 11.3 Å². The first kappa shape index (κ1) is 17.4. The minimum absolute atomic E-state index is 0. The summed E-state index contributed by atoms with van der Waals surface area (Å²) in [6.45, 7) is 5.83. The predicted octanol–water partition coefficient (Wildman–Crippen LogP) is 1.95. The molecule has 0 bridgehead atoms. The maximum absolute atomic E-state index is 11.4. The Morgan fingerprint density at radius 1 is 1.50 bits per heavy atom. The number of carbonyl (C=O) groups is 1. The lowest BCUT2D eigenvalue weighted by molar-refractivity contribution is -0.115. The smallest absolute Gasteiger partial charge is 0.240 e. The fourth-order valence-corrected chi connectivity index (χ4v) is 2.93. The lowest BCUT2D eigenvalue weighted by Gasteiger charge is -2.29. The maximum Gasteiger partial charge on any atom is 0.240 e. The lowest BCUT2D eigenvalue weighted by atomic mass is 9.99. The van der Waals surface area contributed by atoms with Gasteiger partial charge in [0, 0.05) is 11.9 Å². The van der Waals surface area contributed by atoms with Gasteiger partial charge in [-0.1, -0.05) is 6.92 Å². The number of hydrogen-bond acceptors (Lipinski definition) is 5. The Hall–Kier alpha value is -0.690. The number of hydrogen-bond donors (Lipinski definition) is 2. The van der Waals surface area contributed by atoms with Gasteiger partial charge in [-0.25, -0.2) is 4.98 Å². The van der Waals surface area contributed by atoms with E-state index in [1.54, 1.807) is 7.05 Å². The minimum Gasteiger partial charge on any atom is -0.311 e. The first-order valence-electron chi connectivity index (χ1n) is 6.78. The number of anilines is 1. The third-order valence-electron chi connectivity index (χ3n) is 3.40. The molecule has 0 aromatic carbocycles. The summed E-state index contributed by atoms with van der Waals surface area (Å²) in [5.74, 6) is 0.804. The molecule has 0 saturated carbocycles. The number of thiazole rings is 1. The Labute approximate surface area is 130 Å². The van der Waals surface area contributed by atoms with Crippen molar-refractivity contribution in [2.45, 2.75) is 26.3 Å². The fraction of sp³-hybridized carbons (Fsp3) is 0.692. The quantitative estimate of drug-likeness (QED) is 0.871. The Kier molecular flexibility index (Phi) is 7.43. The average molecular weight is 319 g/mol. The van der Waals surface area contributed by atoms with E-state index in [-0.39, 0.29) is 18.3 Å². The zero-order valence-electron chi connectivity index (χ0n) is 12.0. The predicted molar refractivity (Wildman–Crippen MR) is 85.6 cm³/mol. The van der Waals surface area contributed by atoms with Gasteiger partial charge in [-0.15, -0.1) is 23.7 Å². The molecule has 1 aromatic rings. The van der Waals surface area contributed by atoms with Crippen molar-refractivity contribution in [2.75, 3.05) is 32.0 Å². The van der Waals surface area contributed by atoms with Crippen LogP contribution in [0.3, 0.4) is 0 Å². The summed E-state index contributed by atoms with van der Waals surface area (Å²) >= 11 is 1.50. The van der Waals surface area contributed by atoms with Crippen molar-refractivity contribution < 1.29 is 4.79 Å². The number of carbonyl (C=O) groups excluding carboxylic acids is 1.